The van der Waals surface area contributed by atoms with Crippen molar-refractivity contribution in [2.24, 2.45) is 0 Å². The van der Waals surface area contributed by atoms with Crippen molar-refractivity contribution in [1.29, 1.82) is 0 Å². The largest absolute Gasteiger partial charge is 0.377 e. The van der Waals surface area contributed by atoms with Gasteiger partial charge in [0.1, 0.15) is 0 Å². The van der Waals surface area contributed by atoms with Gasteiger partial charge in [-0.1, -0.05) is 13.8 Å². The normalized spacial score (nSPS) is 26.0. The molecule has 2 rings (SSSR count). The van der Waals surface area contributed by atoms with E-state index in [2.05, 4.69) is 58.3 Å². The molecule has 29 heavy (non-hydrogen) atoms. The summed E-state index contributed by atoms with van der Waals surface area (Å²) in [6.45, 7) is 27.4. The highest BCUT2D eigenvalue weighted by atomic mass is 16.5. The van der Waals surface area contributed by atoms with Crippen molar-refractivity contribution in [1.82, 2.24) is 9.80 Å². The Labute approximate surface area is 181 Å². The Kier molecular flexibility index (Phi) is 17.3. The Morgan fingerprint density at radius 2 is 1.21 bits per heavy atom. The van der Waals surface area contributed by atoms with Crippen molar-refractivity contribution in [3.05, 3.63) is 0 Å². The first kappa shape index (κ1) is 28.8. The van der Waals surface area contributed by atoms with Crippen LogP contribution in [-0.2, 0) is 18.9 Å². The first-order chi connectivity index (χ1) is 13.8. The summed E-state index contributed by atoms with van der Waals surface area (Å²) in [5, 5.41) is 0. The Bertz CT molecular complexity index is 359. The van der Waals surface area contributed by atoms with Crippen LogP contribution in [-0.4, -0.2) is 99.4 Å². The Balaban J connectivity index is 0.000000499. The molecule has 3 unspecified atom stereocenters. The molecule has 0 saturated carbocycles. The molecule has 176 valence electrons. The fourth-order valence-electron chi connectivity index (χ4n) is 3.40. The van der Waals surface area contributed by atoms with Crippen molar-refractivity contribution in [2.75, 3.05) is 59.1 Å². The maximum absolute atomic E-state index is 5.66. The Morgan fingerprint density at radius 3 is 1.66 bits per heavy atom. The second-order valence-corrected chi connectivity index (χ2v) is 8.34. The Hall–Kier alpha value is -0.240. The number of hydrogen-bond acceptors (Lipinski definition) is 6. The van der Waals surface area contributed by atoms with E-state index in [1.807, 2.05) is 13.8 Å². The predicted octanol–water partition coefficient (Wildman–Crippen LogP) is 3.68. The molecular weight excluding hydrogens is 368 g/mol. The van der Waals surface area contributed by atoms with Crippen LogP contribution in [0.3, 0.4) is 0 Å². The maximum Gasteiger partial charge on any atom is 0.0678 e. The fourth-order valence-corrected chi connectivity index (χ4v) is 3.40. The number of ether oxygens (including phenoxy) is 4. The van der Waals surface area contributed by atoms with E-state index in [0.717, 1.165) is 59.1 Å². The van der Waals surface area contributed by atoms with E-state index in [1.165, 1.54) is 0 Å². The van der Waals surface area contributed by atoms with Crippen molar-refractivity contribution < 1.29 is 18.9 Å². The van der Waals surface area contributed by atoms with Crippen LogP contribution in [0.4, 0.5) is 0 Å². The molecule has 3 atom stereocenters. The zero-order valence-electron chi connectivity index (χ0n) is 20.8. The van der Waals surface area contributed by atoms with Crippen LogP contribution in [0.2, 0.25) is 0 Å². The molecule has 0 aliphatic carbocycles. The lowest BCUT2D eigenvalue weighted by atomic mass is 10.2. The molecule has 0 aromatic rings. The Morgan fingerprint density at radius 1 is 0.759 bits per heavy atom. The van der Waals surface area contributed by atoms with E-state index in [9.17, 15) is 0 Å². The summed E-state index contributed by atoms with van der Waals surface area (Å²) >= 11 is 0. The molecule has 2 saturated heterocycles. The SMILES string of the molecule is CC.CC(C)OCCN1CC(C)OC(C)C1.CC(C)OCCN1CCOC(C)C1. The van der Waals surface area contributed by atoms with Gasteiger partial charge in [0.05, 0.1) is 50.3 Å². The van der Waals surface area contributed by atoms with Crippen molar-refractivity contribution >= 4 is 0 Å². The van der Waals surface area contributed by atoms with Gasteiger partial charge in [-0.25, -0.2) is 0 Å². The molecule has 2 aliphatic rings. The lowest BCUT2D eigenvalue weighted by molar-refractivity contribution is -0.0748. The van der Waals surface area contributed by atoms with E-state index in [0.29, 0.717) is 30.5 Å². The summed E-state index contributed by atoms with van der Waals surface area (Å²) in [5.74, 6) is 0. The van der Waals surface area contributed by atoms with Gasteiger partial charge in [-0.3, -0.25) is 9.80 Å². The van der Waals surface area contributed by atoms with E-state index >= 15 is 0 Å². The summed E-state index contributed by atoms with van der Waals surface area (Å²) in [6, 6.07) is 0. The molecule has 2 aliphatic heterocycles. The van der Waals surface area contributed by atoms with Crippen LogP contribution in [0.1, 0.15) is 62.3 Å². The lowest BCUT2D eigenvalue weighted by Gasteiger charge is -2.35. The molecule has 6 heteroatoms. The van der Waals surface area contributed by atoms with E-state index in [4.69, 9.17) is 18.9 Å². The van der Waals surface area contributed by atoms with Gasteiger partial charge in [0, 0.05) is 39.3 Å². The third-order valence-electron chi connectivity index (χ3n) is 4.54. The van der Waals surface area contributed by atoms with E-state index in [1.54, 1.807) is 0 Å². The van der Waals surface area contributed by atoms with Crippen LogP contribution in [0.15, 0.2) is 0 Å². The molecule has 0 spiro atoms. The average molecular weight is 419 g/mol. The van der Waals surface area contributed by atoms with Gasteiger partial charge in [0.2, 0.25) is 0 Å². The fraction of sp³-hybridized carbons (Fsp3) is 1.00. The summed E-state index contributed by atoms with van der Waals surface area (Å²) in [7, 11) is 0. The molecule has 2 heterocycles. The number of hydrogen-bond donors (Lipinski definition) is 0. The molecule has 0 N–H and O–H groups in total. The van der Waals surface area contributed by atoms with Crippen LogP contribution in [0, 0.1) is 0 Å². The van der Waals surface area contributed by atoms with Crippen LogP contribution in [0.5, 0.6) is 0 Å². The molecule has 0 bridgehead atoms. The summed E-state index contributed by atoms with van der Waals surface area (Å²) < 4.78 is 22.1. The van der Waals surface area contributed by atoms with Gasteiger partial charge in [-0.05, 0) is 48.5 Å². The minimum Gasteiger partial charge on any atom is -0.377 e. The minimum absolute atomic E-state index is 0.339. The summed E-state index contributed by atoms with van der Waals surface area (Å²) in [6.07, 6.45) is 1.78. The quantitative estimate of drug-likeness (QED) is 0.599. The maximum atomic E-state index is 5.66. The third-order valence-corrected chi connectivity index (χ3v) is 4.54. The standard InChI is InChI=1S/C11H23NO2.C10H21NO2.C2H6/c1-9(2)13-6-5-12-7-10(3)14-11(4)8-12;1-9(2)12-6-4-11-5-7-13-10(3)8-11;1-2/h9-11H,5-8H2,1-4H3;9-10H,4-8H2,1-3H3;1-2H3. The lowest BCUT2D eigenvalue weighted by Crippen LogP contribution is -2.46. The van der Waals surface area contributed by atoms with Crippen molar-refractivity contribution in [3.63, 3.8) is 0 Å². The molecular formula is C23H50N2O4. The smallest absolute Gasteiger partial charge is 0.0678 e. The highest BCUT2D eigenvalue weighted by molar-refractivity contribution is 4.72. The van der Waals surface area contributed by atoms with Crippen molar-refractivity contribution in [3.8, 4) is 0 Å². The highest BCUT2D eigenvalue weighted by Gasteiger charge is 2.21. The molecule has 0 radical (unpaired) electrons. The highest BCUT2D eigenvalue weighted by Crippen LogP contribution is 2.10. The monoisotopic (exact) mass is 418 g/mol. The summed E-state index contributed by atoms with van der Waals surface area (Å²) in [4.78, 5) is 4.82. The molecule has 0 aromatic heterocycles. The number of rotatable bonds is 8. The first-order valence-corrected chi connectivity index (χ1v) is 11.7. The number of nitrogens with zero attached hydrogens (tertiary/aromatic N) is 2. The second-order valence-electron chi connectivity index (χ2n) is 8.34. The third kappa shape index (κ3) is 16.2. The predicted molar refractivity (Wildman–Crippen MR) is 122 cm³/mol. The van der Waals surface area contributed by atoms with Crippen LogP contribution in [0.25, 0.3) is 0 Å². The van der Waals surface area contributed by atoms with E-state index < -0.39 is 0 Å². The van der Waals surface area contributed by atoms with Gasteiger partial charge >= 0.3 is 0 Å². The zero-order chi connectivity index (χ0) is 22.2. The van der Waals surface area contributed by atoms with Gasteiger partial charge in [-0.2, -0.15) is 0 Å². The molecule has 6 nitrogen and oxygen atoms in total. The van der Waals surface area contributed by atoms with Gasteiger partial charge < -0.3 is 18.9 Å². The van der Waals surface area contributed by atoms with Crippen LogP contribution >= 0.6 is 0 Å². The van der Waals surface area contributed by atoms with Gasteiger partial charge in [0.15, 0.2) is 0 Å². The molecule has 0 aromatic carbocycles. The zero-order valence-corrected chi connectivity index (χ0v) is 20.8. The van der Waals surface area contributed by atoms with Crippen molar-refractivity contribution in [2.45, 2.75) is 92.8 Å². The minimum atomic E-state index is 0.339. The van der Waals surface area contributed by atoms with E-state index in [-0.39, 0.29) is 0 Å². The first-order valence-electron chi connectivity index (χ1n) is 11.7. The topological polar surface area (TPSA) is 43.4 Å². The van der Waals surface area contributed by atoms with Gasteiger partial charge in [-0.15, -0.1) is 0 Å². The average Bonchev–Trinajstić information content (AvgIpc) is 2.63. The second kappa shape index (κ2) is 17.4. The molecule has 0 amide bonds. The van der Waals surface area contributed by atoms with Gasteiger partial charge in [0.25, 0.3) is 0 Å². The number of morpholine rings is 2. The van der Waals surface area contributed by atoms with Crippen LogP contribution < -0.4 is 0 Å². The summed E-state index contributed by atoms with van der Waals surface area (Å²) in [5.41, 5.74) is 0. The molecule has 2 fully saturated rings.